The van der Waals surface area contributed by atoms with Crippen LogP contribution in [0.3, 0.4) is 0 Å². The molecular weight excluding hydrogens is 296 g/mol. The minimum absolute atomic E-state index is 0.00915. The third-order valence-electron chi connectivity index (χ3n) is 3.89. The first-order valence-electron chi connectivity index (χ1n) is 8.21. The summed E-state index contributed by atoms with van der Waals surface area (Å²) in [5.41, 5.74) is 0.889. The van der Waals surface area contributed by atoms with Crippen LogP contribution in [0.15, 0.2) is 18.2 Å². The smallest absolute Gasteiger partial charge is 0.315 e. The first-order chi connectivity index (χ1) is 11.1. The standard InChI is InChI=1S/C17H26N2O4/c1-3-4-5-12(2)18-17(21)19-14(8-9-20)13-6-7-15-16(10-13)23-11-22-15/h6-7,10,12,14,20H,3-5,8-9,11H2,1-2H3,(H2,18,19,21)/t12-,14-/m0/s1. The van der Waals surface area contributed by atoms with E-state index in [9.17, 15) is 9.90 Å². The molecule has 128 valence electrons. The first-order valence-corrected chi connectivity index (χ1v) is 8.21. The third kappa shape index (κ3) is 5.03. The molecular formula is C17H26N2O4. The SMILES string of the molecule is CCCC[C@H](C)NC(=O)N[C@@H](CCO)c1ccc2c(c1)OCO2. The van der Waals surface area contributed by atoms with Crippen molar-refractivity contribution in [2.75, 3.05) is 13.4 Å². The fourth-order valence-electron chi connectivity index (χ4n) is 2.59. The van der Waals surface area contributed by atoms with E-state index in [-0.39, 0.29) is 31.5 Å². The van der Waals surface area contributed by atoms with Crippen molar-refractivity contribution in [3.63, 3.8) is 0 Å². The van der Waals surface area contributed by atoms with Gasteiger partial charge in [0.1, 0.15) is 0 Å². The van der Waals surface area contributed by atoms with E-state index in [2.05, 4.69) is 17.6 Å². The van der Waals surface area contributed by atoms with E-state index in [1.807, 2.05) is 25.1 Å². The molecule has 1 heterocycles. The molecule has 0 bridgehead atoms. The van der Waals surface area contributed by atoms with Crippen LogP contribution in [-0.4, -0.2) is 30.6 Å². The van der Waals surface area contributed by atoms with Crippen molar-refractivity contribution in [1.82, 2.24) is 10.6 Å². The topological polar surface area (TPSA) is 79.8 Å². The number of fused-ring (bicyclic) bond motifs is 1. The van der Waals surface area contributed by atoms with E-state index >= 15 is 0 Å². The average molecular weight is 322 g/mol. The fourth-order valence-corrected chi connectivity index (χ4v) is 2.59. The van der Waals surface area contributed by atoms with Crippen LogP contribution in [0.2, 0.25) is 0 Å². The number of unbranched alkanes of at least 4 members (excludes halogenated alkanes) is 1. The van der Waals surface area contributed by atoms with Crippen LogP contribution < -0.4 is 20.1 Å². The molecule has 2 atom stereocenters. The second-order valence-electron chi connectivity index (χ2n) is 5.84. The molecule has 3 N–H and O–H groups in total. The van der Waals surface area contributed by atoms with Gasteiger partial charge in [-0.25, -0.2) is 4.79 Å². The number of aliphatic hydroxyl groups is 1. The normalized spacial score (nSPS) is 15.1. The summed E-state index contributed by atoms with van der Waals surface area (Å²) in [6.45, 7) is 4.33. The molecule has 1 aromatic rings. The average Bonchev–Trinajstić information content (AvgIpc) is 3.00. The molecule has 0 aromatic heterocycles. The Morgan fingerprint density at radius 2 is 2.04 bits per heavy atom. The fraction of sp³-hybridized carbons (Fsp3) is 0.588. The molecule has 0 fully saturated rings. The molecule has 0 saturated carbocycles. The van der Waals surface area contributed by atoms with Crippen molar-refractivity contribution >= 4 is 6.03 Å². The molecule has 23 heavy (non-hydrogen) atoms. The highest BCUT2D eigenvalue weighted by molar-refractivity contribution is 5.74. The van der Waals surface area contributed by atoms with Gasteiger partial charge in [0.25, 0.3) is 0 Å². The molecule has 0 spiro atoms. The summed E-state index contributed by atoms with van der Waals surface area (Å²) < 4.78 is 10.7. The maximum absolute atomic E-state index is 12.1. The number of rotatable bonds is 8. The Morgan fingerprint density at radius 3 is 2.78 bits per heavy atom. The Morgan fingerprint density at radius 1 is 1.26 bits per heavy atom. The Bertz CT molecular complexity index is 521. The zero-order chi connectivity index (χ0) is 16.7. The van der Waals surface area contributed by atoms with Crippen molar-refractivity contribution < 1.29 is 19.4 Å². The molecule has 6 nitrogen and oxygen atoms in total. The summed E-state index contributed by atoms with van der Waals surface area (Å²) in [5.74, 6) is 1.37. The van der Waals surface area contributed by atoms with Gasteiger partial charge in [-0.1, -0.05) is 25.8 Å². The maximum Gasteiger partial charge on any atom is 0.315 e. The Balaban J connectivity index is 1.96. The molecule has 0 unspecified atom stereocenters. The van der Waals surface area contributed by atoms with E-state index in [0.717, 1.165) is 24.8 Å². The van der Waals surface area contributed by atoms with Gasteiger partial charge in [0.05, 0.1) is 6.04 Å². The number of aliphatic hydroxyl groups excluding tert-OH is 1. The number of benzene rings is 1. The minimum Gasteiger partial charge on any atom is -0.454 e. The molecule has 1 aromatic carbocycles. The molecule has 0 radical (unpaired) electrons. The highest BCUT2D eigenvalue weighted by Crippen LogP contribution is 2.34. The van der Waals surface area contributed by atoms with Gasteiger partial charge in [0.2, 0.25) is 6.79 Å². The van der Waals surface area contributed by atoms with Crippen LogP contribution in [0.4, 0.5) is 4.79 Å². The number of ether oxygens (including phenoxy) is 2. The van der Waals surface area contributed by atoms with Crippen molar-refractivity contribution in [1.29, 1.82) is 0 Å². The number of urea groups is 1. The van der Waals surface area contributed by atoms with Crippen molar-refractivity contribution in [2.24, 2.45) is 0 Å². The van der Waals surface area contributed by atoms with Gasteiger partial charge in [-0.2, -0.15) is 0 Å². The van der Waals surface area contributed by atoms with Crippen LogP contribution in [0, 0.1) is 0 Å². The molecule has 2 rings (SSSR count). The lowest BCUT2D eigenvalue weighted by atomic mass is 10.0. The van der Waals surface area contributed by atoms with Crippen LogP contribution >= 0.6 is 0 Å². The predicted octanol–water partition coefficient (Wildman–Crippen LogP) is 2.72. The molecule has 1 aliphatic rings. The number of hydrogen-bond donors (Lipinski definition) is 3. The Labute approximate surface area is 137 Å². The van der Waals surface area contributed by atoms with Gasteiger partial charge in [-0.3, -0.25) is 0 Å². The second-order valence-corrected chi connectivity index (χ2v) is 5.84. The van der Waals surface area contributed by atoms with Crippen LogP contribution in [-0.2, 0) is 0 Å². The Kier molecular flexibility index (Phi) is 6.52. The van der Waals surface area contributed by atoms with Crippen LogP contribution in [0.1, 0.15) is 51.1 Å². The van der Waals surface area contributed by atoms with E-state index in [1.54, 1.807) is 0 Å². The molecule has 1 aliphatic heterocycles. The predicted molar refractivity (Wildman–Crippen MR) is 87.7 cm³/mol. The second kappa shape index (κ2) is 8.62. The lowest BCUT2D eigenvalue weighted by Gasteiger charge is -2.21. The summed E-state index contributed by atoms with van der Waals surface area (Å²) in [4.78, 5) is 12.1. The lowest BCUT2D eigenvalue weighted by Crippen LogP contribution is -2.42. The summed E-state index contributed by atoms with van der Waals surface area (Å²) in [5, 5.41) is 15.1. The minimum atomic E-state index is -0.270. The van der Waals surface area contributed by atoms with E-state index in [0.29, 0.717) is 17.9 Å². The van der Waals surface area contributed by atoms with Crippen molar-refractivity contribution in [3.8, 4) is 11.5 Å². The number of hydrogen-bond acceptors (Lipinski definition) is 4. The zero-order valence-electron chi connectivity index (χ0n) is 13.8. The van der Waals surface area contributed by atoms with Gasteiger partial charge in [0.15, 0.2) is 11.5 Å². The third-order valence-corrected chi connectivity index (χ3v) is 3.89. The lowest BCUT2D eigenvalue weighted by molar-refractivity contribution is 0.174. The monoisotopic (exact) mass is 322 g/mol. The van der Waals surface area contributed by atoms with Crippen molar-refractivity contribution in [2.45, 2.75) is 51.6 Å². The molecule has 2 amide bonds. The van der Waals surface area contributed by atoms with Crippen molar-refractivity contribution in [3.05, 3.63) is 23.8 Å². The quantitative estimate of drug-likeness (QED) is 0.687. The van der Waals surface area contributed by atoms with Gasteiger partial charge in [-0.15, -0.1) is 0 Å². The van der Waals surface area contributed by atoms with Crippen LogP contribution in [0.5, 0.6) is 11.5 Å². The zero-order valence-corrected chi connectivity index (χ0v) is 13.8. The van der Waals surface area contributed by atoms with Gasteiger partial charge >= 0.3 is 6.03 Å². The molecule has 0 saturated heterocycles. The van der Waals surface area contributed by atoms with Gasteiger partial charge in [-0.05, 0) is 37.5 Å². The van der Waals surface area contributed by atoms with E-state index in [1.165, 1.54) is 0 Å². The molecule has 6 heteroatoms. The summed E-state index contributed by atoms with van der Waals surface area (Å²) >= 11 is 0. The summed E-state index contributed by atoms with van der Waals surface area (Å²) in [6, 6.07) is 5.20. The Hall–Kier alpha value is -1.95. The number of carbonyl (C=O) groups is 1. The largest absolute Gasteiger partial charge is 0.454 e. The summed E-state index contributed by atoms with van der Waals surface area (Å²) in [7, 11) is 0. The highest BCUT2D eigenvalue weighted by atomic mass is 16.7. The van der Waals surface area contributed by atoms with Crippen LogP contribution in [0.25, 0.3) is 0 Å². The number of amides is 2. The molecule has 0 aliphatic carbocycles. The number of nitrogens with one attached hydrogen (secondary N) is 2. The first kappa shape index (κ1) is 17.4. The van der Waals surface area contributed by atoms with E-state index in [4.69, 9.17) is 9.47 Å². The van der Waals surface area contributed by atoms with Gasteiger partial charge in [0, 0.05) is 12.6 Å². The maximum atomic E-state index is 12.1. The highest BCUT2D eigenvalue weighted by Gasteiger charge is 2.19. The van der Waals surface area contributed by atoms with Gasteiger partial charge < -0.3 is 25.2 Å². The number of carbonyl (C=O) groups excluding carboxylic acids is 1. The summed E-state index contributed by atoms with van der Waals surface area (Å²) in [6.07, 6.45) is 3.59. The van der Waals surface area contributed by atoms with E-state index < -0.39 is 0 Å².